The summed E-state index contributed by atoms with van der Waals surface area (Å²) in [6.45, 7) is 7.12. The Balaban J connectivity index is 2.44. The Morgan fingerprint density at radius 2 is 1.82 bits per heavy atom. The molecule has 1 heterocycles. The molecule has 0 aliphatic heterocycles. The van der Waals surface area contributed by atoms with Crippen LogP contribution in [0, 0.1) is 17.0 Å². The van der Waals surface area contributed by atoms with Crippen molar-refractivity contribution in [2.24, 2.45) is 0 Å². The summed E-state index contributed by atoms with van der Waals surface area (Å²) in [4.78, 5) is 21.0. The summed E-state index contributed by atoms with van der Waals surface area (Å²) in [5, 5.41) is 14.5. The highest BCUT2D eigenvalue weighted by Gasteiger charge is 2.25. The smallest absolute Gasteiger partial charge is 0.351 e. The molecular formula is C15H19N5O2. The molecule has 0 saturated heterocycles. The van der Waals surface area contributed by atoms with Gasteiger partial charge in [-0.2, -0.15) is 0 Å². The number of benzene rings is 1. The fraction of sp³-hybridized carbons (Fsp3) is 0.333. The van der Waals surface area contributed by atoms with Crippen LogP contribution < -0.4 is 10.2 Å². The molecule has 1 aromatic carbocycles. The average Bonchev–Trinajstić information content (AvgIpc) is 2.51. The number of aryl methyl sites for hydroxylation is 1. The highest BCUT2D eigenvalue weighted by molar-refractivity contribution is 5.74. The van der Waals surface area contributed by atoms with E-state index in [0.717, 1.165) is 11.3 Å². The maximum absolute atomic E-state index is 11.5. The molecular weight excluding hydrogens is 282 g/mol. The number of nitrogens with one attached hydrogen (secondary N) is 1. The van der Waals surface area contributed by atoms with Crippen LogP contribution in [0.3, 0.4) is 0 Å². The lowest BCUT2D eigenvalue weighted by molar-refractivity contribution is -0.383. The van der Waals surface area contributed by atoms with E-state index in [0.29, 0.717) is 18.9 Å². The van der Waals surface area contributed by atoms with E-state index in [9.17, 15) is 10.1 Å². The van der Waals surface area contributed by atoms with Crippen LogP contribution in [-0.2, 0) is 0 Å². The first kappa shape index (κ1) is 15.7. The number of hydrogen-bond acceptors (Lipinski definition) is 6. The van der Waals surface area contributed by atoms with Gasteiger partial charge in [-0.25, -0.2) is 9.97 Å². The first-order valence-electron chi connectivity index (χ1n) is 7.14. The number of nitrogens with zero attached hydrogens (tertiary/aromatic N) is 4. The van der Waals surface area contributed by atoms with Gasteiger partial charge in [-0.05, 0) is 32.9 Å². The van der Waals surface area contributed by atoms with Crippen molar-refractivity contribution in [3.63, 3.8) is 0 Å². The largest absolute Gasteiger partial charge is 0.353 e. The highest BCUT2D eigenvalue weighted by atomic mass is 16.6. The van der Waals surface area contributed by atoms with Gasteiger partial charge < -0.3 is 10.2 Å². The summed E-state index contributed by atoms with van der Waals surface area (Å²) in [6, 6.07) is 7.58. The molecule has 0 amide bonds. The lowest BCUT2D eigenvalue weighted by atomic mass is 10.2. The van der Waals surface area contributed by atoms with E-state index in [4.69, 9.17) is 0 Å². The summed E-state index contributed by atoms with van der Waals surface area (Å²) in [5.41, 5.74) is 1.76. The highest BCUT2D eigenvalue weighted by Crippen LogP contribution is 2.33. The molecule has 0 atom stereocenters. The zero-order chi connectivity index (χ0) is 16.1. The van der Waals surface area contributed by atoms with Gasteiger partial charge in [-0.15, -0.1) is 0 Å². The summed E-state index contributed by atoms with van der Waals surface area (Å²) in [6.07, 6.45) is 1.34. The fourth-order valence-corrected chi connectivity index (χ4v) is 2.16. The van der Waals surface area contributed by atoms with Crippen LogP contribution in [0.5, 0.6) is 0 Å². The zero-order valence-corrected chi connectivity index (χ0v) is 12.9. The van der Waals surface area contributed by atoms with Gasteiger partial charge in [-0.1, -0.05) is 17.7 Å². The van der Waals surface area contributed by atoms with Crippen LogP contribution in [0.4, 0.5) is 23.0 Å². The Kier molecular flexibility index (Phi) is 4.88. The second-order valence-corrected chi connectivity index (χ2v) is 4.81. The van der Waals surface area contributed by atoms with E-state index in [-0.39, 0.29) is 11.5 Å². The predicted octanol–water partition coefficient (Wildman–Crippen LogP) is 3.28. The molecule has 7 heteroatoms. The zero-order valence-electron chi connectivity index (χ0n) is 12.9. The predicted molar refractivity (Wildman–Crippen MR) is 86.7 cm³/mol. The summed E-state index contributed by atoms with van der Waals surface area (Å²) in [7, 11) is 0. The van der Waals surface area contributed by atoms with Crippen LogP contribution in [-0.4, -0.2) is 28.0 Å². The Hall–Kier alpha value is -2.70. The second kappa shape index (κ2) is 6.84. The maximum atomic E-state index is 11.5. The third-order valence-corrected chi connectivity index (χ3v) is 3.36. The van der Waals surface area contributed by atoms with Gasteiger partial charge in [-0.3, -0.25) is 10.1 Å². The van der Waals surface area contributed by atoms with Crippen molar-refractivity contribution in [2.75, 3.05) is 23.3 Å². The van der Waals surface area contributed by atoms with E-state index in [1.165, 1.54) is 6.33 Å². The van der Waals surface area contributed by atoms with Gasteiger partial charge >= 0.3 is 5.69 Å². The molecule has 7 nitrogen and oxygen atoms in total. The number of hydrogen-bond donors (Lipinski definition) is 1. The van der Waals surface area contributed by atoms with E-state index >= 15 is 0 Å². The Bertz CT molecular complexity index is 653. The molecule has 0 radical (unpaired) electrons. The van der Waals surface area contributed by atoms with Crippen molar-refractivity contribution in [1.29, 1.82) is 0 Å². The Labute approximate surface area is 129 Å². The van der Waals surface area contributed by atoms with Gasteiger partial charge in [0.15, 0.2) is 0 Å². The van der Waals surface area contributed by atoms with Crippen molar-refractivity contribution < 1.29 is 4.92 Å². The van der Waals surface area contributed by atoms with Crippen molar-refractivity contribution >= 4 is 23.0 Å². The lowest BCUT2D eigenvalue weighted by Crippen LogP contribution is -2.24. The van der Waals surface area contributed by atoms with Crippen LogP contribution >= 0.6 is 0 Å². The number of anilines is 3. The maximum Gasteiger partial charge on any atom is 0.353 e. The quantitative estimate of drug-likeness (QED) is 0.651. The van der Waals surface area contributed by atoms with Crippen molar-refractivity contribution in [3.05, 3.63) is 46.3 Å². The molecule has 2 aromatic rings. The van der Waals surface area contributed by atoms with E-state index in [2.05, 4.69) is 15.3 Å². The van der Waals surface area contributed by atoms with Crippen molar-refractivity contribution in [3.8, 4) is 0 Å². The topological polar surface area (TPSA) is 84.2 Å². The fourth-order valence-electron chi connectivity index (χ4n) is 2.16. The molecule has 0 fully saturated rings. The number of aromatic nitrogens is 2. The van der Waals surface area contributed by atoms with Crippen molar-refractivity contribution in [1.82, 2.24) is 9.97 Å². The third-order valence-electron chi connectivity index (χ3n) is 3.36. The van der Waals surface area contributed by atoms with Crippen LogP contribution in [0.25, 0.3) is 0 Å². The Morgan fingerprint density at radius 1 is 1.18 bits per heavy atom. The third kappa shape index (κ3) is 3.30. The molecule has 0 unspecified atom stereocenters. The minimum atomic E-state index is -0.440. The molecule has 22 heavy (non-hydrogen) atoms. The normalized spacial score (nSPS) is 10.3. The van der Waals surface area contributed by atoms with E-state index in [1.807, 2.05) is 49.9 Å². The summed E-state index contributed by atoms with van der Waals surface area (Å²) < 4.78 is 0. The van der Waals surface area contributed by atoms with E-state index in [1.54, 1.807) is 0 Å². The minimum Gasteiger partial charge on any atom is -0.351 e. The molecule has 0 saturated carbocycles. The molecule has 0 aliphatic carbocycles. The van der Waals surface area contributed by atoms with Crippen LogP contribution in [0.2, 0.25) is 0 Å². The molecule has 0 spiro atoms. The first-order valence-corrected chi connectivity index (χ1v) is 7.14. The monoisotopic (exact) mass is 301 g/mol. The average molecular weight is 301 g/mol. The van der Waals surface area contributed by atoms with Gasteiger partial charge in [0.25, 0.3) is 0 Å². The molecule has 116 valence electrons. The molecule has 1 N–H and O–H groups in total. The van der Waals surface area contributed by atoms with Gasteiger partial charge in [0.2, 0.25) is 11.6 Å². The second-order valence-electron chi connectivity index (χ2n) is 4.81. The SMILES string of the molecule is CCN(CC)c1ncnc(Nc2ccc(C)cc2)c1[N+](=O)[O-]. The standard InChI is InChI=1S/C15H19N5O2/c1-4-19(5-2)15-13(20(21)22)14(16-10-17-15)18-12-8-6-11(3)7-9-12/h6-10H,4-5H2,1-3H3,(H,16,17,18). The van der Waals surface area contributed by atoms with E-state index < -0.39 is 4.92 Å². The summed E-state index contributed by atoms with van der Waals surface area (Å²) >= 11 is 0. The van der Waals surface area contributed by atoms with Gasteiger partial charge in [0.1, 0.15) is 6.33 Å². The van der Waals surface area contributed by atoms with Gasteiger partial charge in [0.05, 0.1) is 4.92 Å². The number of rotatable bonds is 6. The molecule has 1 aromatic heterocycles. The molecule has 0 bridgehead atoms. The van der Waals surface area contributed by atoms with Gasteiger partial charge in [0, 0.05) is 18.8 Å². The van der Waals surface area contributed by atoms with Crippen LogP contribution in [0.1, 0.15) is 19.4 Å². The molecule has 0 aliphatic rings. The summed E-state index contributed by atoms with van der Waals surface area (Å²) in [5.74, 6) is 0.533. The van der Waals surface area contributed by atoms with Crippen molar-refractivity contribution in [2.45, 2.75) is 20.8 Å². The first-order chi connectivity index (χ1) is 10.6. The lowest BCUT2D eigenvalue weighted by Gasteiger charge is -2.20. The molecule has 2 rings (SSSR count). The number of nitro groups is 1. The Morgan fingerprint density at radius 3 is 2.36 bits per heavy atom. The minimum absolute atomic E-state index is 0.105. The van der Waals surface area contributed by atoms with Crippen LogP contribution in [0.15, 0.2) is 30.6 Å².